The molecule has 0 saturated carbocycles. The van der Waals surface area contributed by atoms with Crippen molar-refractivity contribution < 1.29 is 27.8 Å². The van der Waals surface area contributed by atoms with Crippen molar-refractivity contribution in [3.05, 3.63) is 59.6 Å². The molecule has 0 atom stereocenters. The Morgan fingerprint density at radius 2 is 2.11 bits per heavy atom. The quantitative estimate of drug-likeness (QED) is 0.242. The van der Waals surface area contributed by atoms with Crippen LogP contribution in [0, 0.1) is 0 Å². The van der Waals surface area contributed by atoms with Gasteiger partial charge in [0, 0.05) is 35.7 Å². The van der Waals surface area contributed by atoms with E-state index in [1.165, 1.54) is 53.1 Å². The largest absolute Gasteiger partial charge is 0.468 e. The third-order valence-electron chi connectivity index (χ3n) is 4.96. The Balaban J connectivity index is 1.67. The summed E-state index contributed by atoms with van der Waals surface area (Å²) in [5, 5.41) is 14.4. The number of hydrogen-bond acceptors (Lipinski definition) is 8. The zero-order valence-electron chi connectivity index (χ0n) is 18.8. The molecule has 0 saturated heterocycles. The van der Waals surface area contributed by atoms with Gasteiger partial charge in [-0.2, -0.15) is 19.0 Å². The Kier molecular flexibility index (Phi) is 7.71. The van der Waals surface area contributed by atoms with Crippen LogP contribution in [0.4, 0.5) is 14.5 Å². The van der Waals surface area contributed by atoms with E-state index in [0.29, 0.717) is 12.2 Å². The third kappa shape index (κ3) is 5.75. The summed E-state index contributed by atoms with van der Waals surface area (Å²) in [6.07, 6.45) is 6.06. The van der Waals surface area contributed by atoms with Gasteiger partial charge >= 0.3 is 12.6 Å². The number of carbonyl (C=O) groups excluding carboxylic acids is 2. The monoisotopic (exact) mass is 519 g/mol. The zero-order valence-corrected chi connectivity index (χ0v) is 19.6. The number of benzene rings is 1. The molecule has 14 heteroatoms. The van der Waals surface area contributed by atoms with Gasteiger partial charge in [0.25, 0.3) is 5.91 Å². The molecule has 3 aromatic heterocycles. The first-order valence-electron chi connectivity index (χ1n) is 10.5. The molecule has 0 aliphatic rings. The Bertz CT molecular complexity index is 1390. The van der Waals surface area contributed by atoms with E-state index in [4.69, 9.17) is 11.6 Å². The average Bonchev–Trinajstić information content (AvgIpc) is 3.46. The Morgan fingerprint density at radius 3 is 2.89 bits per heavy atom. The number of esters is 1. The van der Waals surface area contributed by atoms with E-state index < -0.39 is 18.5 Å². The standard InChI is InChI=1S/C22H20ClF2N7O4/c1-35-18(33)11-26-6-8-31-12-16(29-21(34)15-10-28-32-7-2-5-27-20(15)32)19(30-31)14-9-13(23)3-4-17(14)36-22(24)25/h2-5,7,9-10,12,22,26H,6,8,11H2,1H3,(H,29,34). The van der Waals surface area contributed by atoms with Crippen molar-refractivity contribution in [3.8, 4) is 17.0 Å². The highest BCUT2D eigenvalue weighted by atomic mass is 35.5. The average molecular weight is 520 g/mol. The zero-order chi connectivity index (χ0) is 25.7. The van der Waals surface area contributed by atoms with Crippen molar-refractivity contribution in [3.63, 3.8) is 0 Å². The van der Waals surface area contributed by atoms with Gasteiger partial charge in [0.05, 0.1) is 32.1 Å². The first kappa shape index (κ1) is 25.0. The highest BCUT2D eigenvalue weighted by Gasteiger charge is 2.22. The highest BCUT2D eigenvalue weighted by Crippen LogP contribution is 2.37. The molecule has 1 amide bonds. The number of halogens is 3. The number of anilines is 1. The second kappa shape index (κ2) is 11.1. The maximum atomic E-state index is 13.1. The van der Waals surface area contributed by atoms with Crippen LogP contribution in [0.5, 0.6) is 5.75 Å². The van der Waals surface area contributed by atoms with Gasteiger partial charge < -0.3 is 20.1 Å². The second-order valence-electron chi connectivity index (χ2n) is 7.33. The summed E-state index contributed by atoms with van der Waals surface area (Å²) in [5.74, 6) is -1.14. The fourth-order valence-electron chi connectivity index (χ4n) is 3.35. The first-order valence-corrected chi connectivity index (χ1v) is 10.9. The molecule has 36 heavy (non-hydrogen) atoms. The van der Waals surface area contributed by atoms with Crippen molar-refractivity contribution in [1.29, 1.82) is 0 Å². The smallest absolute Gasteiger partial charge is 0.387 e. The summed E-state index contributed by atoms with van der Waals surface area (Å²) in [5.41, 5.74) is 1.05. The van der Waals surface area contributed by atoms with E-state index in [-0.39, 0.29) is 46.4 Å². The van der Waals surface area contributed by atoms with Crippen molar-refractivity contribution in [2.24, 2.45) is 0 Å². The molecule has 0 fully saturated rings. The van der Waals surface area contributed by atoms with E-state index in [0.717, 1.165) is 0 Å². The number of alkyl halides is 2. The number of rotatable bonds is 10. The predicted molar refractivity (Wildman–Crippen MR) is 125 cm³/mol. The number of ether oxygens (including phenoxy) is 2. The van der Waals surface area contributed by atoms with Gasteiger partial charge in [-0.25, -0.2) is 9.50 Å². The van der Waals surface area contributed by atoms with Crippen LogP contribution in [0.2, 0.25) is 5.02 Å². The molecule has 3 heterocycles. The van der Waals surface area contributed by atoms with E-state index >= 15 is 0 Å². The van der Waals surface area contributed by atoms with Crippen LogP contribution in [-0.4, -0.2) is 63.1 Å². The van der Waals surface area contributed by atoms with Gasteiger partial charge in [0.1, 0.15) is 17.0 Å². The number of nitrogens with one attached hydrogen (secondary N) is 2. The van der Waals surface area contributed by atoms with Crippen molar-refractivity contribution >= 4 is 34.8 Å². The minimum Gasteiger partial charge on any atom is -0.468 e. The lowest BCUT2D eigenvalue weighted by Gasteiger charge is -2.11. The Labute approximate surface area is 208 Å². The Hall–Kier alpha value is -4.10. The van der Waals surface area contributed by atoms with Crippen molar-refractivity contribution in [1.82, 2.24) is 29.7 Å². The van der Waals surface area contributed by atoms with Gasteiger partial charge in [0.2, 0.25) is 0 Å². The van der Waals surface area contributed by atoms with E-state index in [2.05, 4.69) is 35.3 Å². The molecule has 4 rings (SSSR count). The normalized spacial score (nSPS) is 11.1. The first-order chi connectivity index (χ1) is 17.4. The summed E-state index contributed by atoms with van der Waals surface area (Å²) in [6.45, 7) is -2.48. The number of fused-ring (bicyclic) bond motifs is 1. The van der Waals surface area contributed by atoms with Crippen LogP contribution >= 0.6 is 11.6 Å². The van der Waals surface area contributed by atoms with Crippen LogP contribution in [0.15, 0.2) is 49.1 Å². The number of methoxy groups -OCH3 is 1. The molecule has 1 aromatic carbocycles. The number of aromatic nitrogens is 5. The molecule has 11 nitrogen and oxygen atoms in total. The minimum absolute atomic E-state index is 0.00335. The molecule has 2 N–H and O–H groups in total. The molecule has 0 radical (unpaired) electrons. The summed E-state index contributed by atoms with van der Waals surface area (Å²) >= 11 is 6.12. The van der Waals surface area contributed by atoms with Gasteiger partial charge in [-0.3, -0.25) is 14.3 Å². The molecule has 0 bridgehead atoms. The molecule has 0 spiro atoms. The molecule has 0 unspecified atom stereocenters. The Morgan fingerprint density at radius 1 is 1.28 bits per heavy atom. The van der Waals surface area contributed by atoms with E-state index in [1.54, 1.807) is 12.3 Å². The summed E-state index contributed by atoms with van der Waals surface area (Å²) in [4.78, 5) is 28.6. The maximum absolute atomic E-state index is 13.1. The molecular weight excluding hydrogens is 500 g/mol. The van der Waals surface area contributed by atoms with Gasteiger partial charge in [-0.15, -0.1) is 0 Å². The van der Waals surface area contributed by atoms with Gasteiger partial charge in [-0.1, -0.05) is 11.6 Å². The lowest BCUT2D eigenvalue weighted by atomic mass is 10.1. The number of carbonyl (C=O) groups is 2. The van der Waals surface area contributed by atoms with Crippen LogP contribution < -0.4 is 15.4 Å². The van der Waals surface area contributed by atoms with Crippen LogP contribution in [-0.2, 0) is 16.1 Å². The van der Waals surface area contributed by atoms with Crippen LogP contribution in [0.25, 0.3) is 16.9 Å². The summed E-state index contributed by atoms with van der Waals surface area (Å²) in [7, 11) is 1.28. The van der Waals surface area contributed by atoms with Crippen LogP contribution in [0.3, 0.4) is 0 Å². The predicted octanol–water partition coefficient (Wildman–Crippen LogP) is 2.86. The molecule has 0 aliphatic carbocycles. The van der Waals surface area contributed by atoms with E-state index in [1.807, 2.05) is 0 Å². The fraction of sp³-hybridized carbons (Fsp3) is 0.227. The maximum Gasteiger partial charge on any atom is 0.387 e. The van der Waals surface area contributed by atoms with Crippen molar-refractivity contribution in [2.45, 2.75) is 13.2 Å². The minimum atomic E-state index is -3.09. The van der Waals surface area contributed by atoms with Crippen molar-refractivity contribution in [2.75, 3.05) is 25.5 Å². The molecule has 0 aliphatic heterocycles. The second-order valence-corrected chi connectivity index (χ2v) is 7.76. The SMILES string of the molecule is COC(=O)CNCCn1cc(NC(=O)c2cnn3cccnc23)c(-c2cc(Cl)ccc2OC(F)F)n1. The van der Waals surface area contributed by atoms with Gasteiger partial charge in [0.15, 0.2) is 5.65 Å². The molecule has 188 valence electrons. The third-order valence-corrected chi connectivity index (χ3v) is 5.20. The van der Waals surface area contributed by atoms with Crippen LogP contribution in [0.1, 0.15) is 10.4 Å². The molecule has 4 aromatic rings. The summed E-state index contributed by atoms with van der Waals surface area (Å²) < 4.78 is 38.3. The van der Waals surface area contributed by atoms with E-state index in [9.17, 15) is 18.4 Å². The highest BCUT2D eigenvalue weighted by molar-refractivity contribution is 6.31. The topological polar surface area (TPSA) is 125 Å². The number of hydrogen-bond donors (Lipinski definition) is 2. The lowest BCUT2D eigenvalue weighted by Crippen LogP contribution is -2.27. The van der Waals surface area contributed by atoms with Gasteiger partial charge in [-0.05, 0) is 24.3 Å². The fourth-order valence-corrected chi connectivity index (χ4v) is 3.52. The number of amides is 1. The lowest BCUT2D eigenvalue weighted by molar-refractivity contribution is -0.139. The number of nitrogens with zero attached hydrogens (tertiary/aromatic N) is 5. The summed E-state index contributed by atoms with van der Waals surface area (Å²) in [6, 6.07) is 5.77. The molecular formula is C22H20ClF2N7O4.